The van der Waals surface area contributed by atoms with Gasteiger partial charge in [0.05, 0.1) is 6.04 Å². The largest absolute Gasteiger partial charge is 0.271 e. The second-order valence-electron chi connectivity index (χ2n) is 3.22. The second kappa shape index (κ2) is 4.76. The Morgan fingerprint density at radius 3 is 2.67 bits per heavy atom. The van der Waals surface area contributed by atoms with Gasteiger partial charge in [-0.3, -0.25) is 5.84 Å². The van der Waals surface area contributed by atoms with Crippen molar-refractivity contribution in [3.05, 3.63) is 42.7 Å². The number of thiophene rings is 2. The van der Waals surface area contributed by atoms with Crippen LogP contribution in [0, 0.1) is 6.92 Å². The third-order valence-corrected chi connectivity index (χ3v) is 4.91. The summed E-state index contributed by atoms with van der Waals surface area (Å²) in [5.41, 5.74) is 2.86. The number of nitrogens with two attached hydrogens (primary N) is 1. The Kier molecular flexibility index (Phi) is 3.58. The quantitative estimate of drug-likeness (QED) is 0.673. The maximum atomic E-state index is 5.60. The van der Waals surface area contributed by atoms with E-state index in [4.69, 9.17) is 5.84 Å². The van der Waals surface area contributed by atoms with Gasteiger partial charge in [-0.05, 0) is 41.1 Å². The standard InChI is InChI=1S/C10H11BrN2S2/c1-6-2-3-8(15-6)10(13-12)9-4-7(11)5-14-9/h2-5,10,13H,12H2,1H3. The molecule has 0 spiro atoms. The zero-order valence-electron chi connectivity index (χ0n) is 8.16. The molecule has 2 aromatic heterocycles. The fraction of sp³-hybridized carbons (Fsp3) is 0.200. The van der Waals surface area contributed by atoms with Crippen LogP contribution in [-0.2, 0) is 0 Å². The highest BCUT2D eigenvalue weighted by Gasteiger charge is 2.15. The Bertz CT molecular complexity index is 409. The van der Waals surface area contributed by atoms with E-state index in [0.717, 1.165) is 4.47 Å². The van der Waals surface area contributed by atoms with Crippen LogP contribution in [0.5, 0.6) is 0 Å². The van der Waals surface area contributed by atoms with Gasteiger partial charge in [0, 0.05) is 24.5 Å². The lowest BCUT2D eigenvalue weighted by Gasteiger charge is -2.11. The van der Waals surface area contributed by atoms with Gasteiger partial charge in [0.2, 0.25) is 0 Å². The third kappa shape index (κ3) is 2.49. The second-order valence-corrected chi connectivity index (χ2v) is 6.39. The van der Waals surface area contributed by atoms with E-state index in [2.05, 4.69) is 51.9 Å². The first-order valence-electron chi connectivity index (χ1n) is 4.47. The molecule has 2 aromatic rings. The molecule has 1 unspecified atom stereocenters. The summed E-state index contributed by atoms with van der Waals surface area (Å²) in [7, 11) is 0. The average molecular weight is 303 g/mol. The van der Waals surface area contributed by atoms with Crippen LogP contribution in [0.4, 0.5) is 0 Å². The van der Waals surface area contributed by atoms with E-state index >= 15 is 0 Å². The lowest BCUT2D eigenvalue weighted by molar-refractivity contribution is 0.656. The Labute approximate surface area is 105 Å². The molecule has 5 heteroatoms. The van der Waals surface area contributed by atoms with Crippen LogP contribution < -0.4 is 11.3 Å². The average Bonchev–Trinajstić information content (AvgIpc) is 2.78. The molecule has 0 saturated carbocycles. The van der Waals surface area contributed by atoms with Gasteiger partial charge >= 0.3 is 0 Å². The summed E-state index contributed by atoms with van der Waals surface area (Å²) in [6, 6.07) is 6.45. The van der Waals surface area contributed by atoms with E-state index in [9.17, 15) is 0 Å². The lowest BCUT2D eigenvalue weighted by atomic mass is 10.2. The molecule has 0 fully saturated rings. The molecule has 0 radical (unpaired) electrons. The summed E-state index contributed by atoms with van der Waals surface area (Å²) in [5.74, 6) is 5.60. The van der Waals surface area contributed by atoms with Gasteiger partial charge in [-0.1, -0.05) is 0 Å². The summed E-state index contributed by atoms with van der Waals surface area (Å²) < 4.78 is 1.11. The summed E-state index contributed by atoms with van der Waals surface area (Å²) in [6.07, 6.45) is 0. The van der Waals surface area contributed by atoms with Crippen molar-refractivity contribution in [3.8, 4) is 0 Å². The Balaban J connectivity index is 2.32. The van der Waals surface area contributed by atoms with Gasteiger partial charge in [-0.25, -0.2) is 5.43 Å². The molecule has 0 aliphatic rings. The van der Waals surface area contributed by atoms with Gasteiger partial charge < -0.3 is 0 Å². The van der Waals surface area contributed by atoms with E-state index in [0.29, 0.717) is 0 Å². The number of hydrogen-bond acceptors (Lipinski definition) is 4. The number of rotatable bonds is 3. The van der Waals surface area contributed by atoms with Crippen molar-refractivity contribution in [1.29, 1.82) is 0 Å². The molecular formula is C10H11BrN2S2. The molecule has 1 atom stereocenters. The molecule has 2 rings (SSSR count). The number of aryl methyl sites for hydroxylation is 1. The maximum Gasteiger partial charge on any atom is 0.0894 e. The molecule has 0 aliphatic heterocycles. The van der Waals surface area contributed by atoms with E-state index < -0.39 is 0 Å². The first-order chi connectivity index (χ1) is 7.20. The van der Waals surface area contributed by atoms with Gasteiger partial charge in [0.15, 0.2) is 0 Å². The zero-order valence-corrected chi connectivity index (χ0v) is 11.4. The number of hydrogen-bond donors (Lipinski definition) is 2. The first-order valence-corrected chi connectivity index (χ1v) is 6.96. The maximum absolute atomic E-state index is 5.60. The van der Waals surface area contributed by atoms with E-state index in [1.54, 1.807) is 22.7 Å². The Morgan fingerprint density at radius 1 is 1.40 bits per heavy atom. The summed E-state index contributed by atoms with van der Waals surface area (Å²) in [4.78, 5) is 3.79. The highest BCUT2D eigenvalue weighted by atomic mass is 79.9. The smallest absolute Gasteiger partial charge is 0.0894 e. The summed E-state index contributed by atoms with van der Waals surface area (Å²) in [6.45, 7) is 2.10. The number of nitrogens with one attached hydrogen (secondary N) is 1. The highest BCUT2D eigenvalue weighted by molar-refractivity contribution is 9.10. The number of hydrazine groups is 1. The summed E-state index contributed by atoms with van der Waals surface area (Å²) in [5, 5.41) is 2.07. The van der Waals surface area contributed by atoms with Crippen molar-refractivity contribution in [2.45, 2.75) is 13.0 Å². The minimum Gasteiger partial charge on any atom is -0.271 e. The van der Waals surface area contributed by atoms with Crippen molar-refractivity contribution < 1.29 is 0 Å². The SMILES string of the molecule is Cc1ccc(C(NN)c2cc(Br)cs2)s1. The summed E-state index contributed by atoms with van der Waals surface area (Å²) >= 11 is 6.93. The van der Waals surface area contributed by atoms with E-state index in [-0.39, 0.29) is 6.04 Å². The lowest BCUT2D eigenvalue weighted by Crippen LogP contribution is -2.27. The van der Waals surface area contributed by atoms with Crippen molar-refractivity contribution in [3.63, 3.8) is 0 Å². The molecule has 0 aliphatic carbocycles. The topological polar surface area (TPSA) is 38.0 Å². The van der Waals surface area contributed by atoms with E-state index in [1.165, 1.54) is 14.6 Å². The monoisotopic (exact) mass is 302 g/mol. The molecule has 0 amide bonds. The third-order valence-electron chi connectivity index (χ3n) is 2.08. The van der Waals surface area contributed by atoms with Crippen LogP contribution in [0.2, 0.25) is 0 Å². The molecule has 80 valence electrons. The molecule has 0 bridgehead atoms. The van der Waals surface area contributed by atoms with Crippen molar-refractivity contribution in [2.75, 3.05) is 0 Å². The Hall–Kier alpha value is -0.200. The van der Waals surface area contributed by atoms with Crippen LogP contribution >= 0.6 is 38.6 Å². The van der Waals surface area contributed by atoms with Crippen LogP contribution in [-0.4, -0.2) is 0 Å². The number of halogens is 1. The molecule has 0 aromatic carbocycles. The fourth-order valence-corrected chi connectivity index (χ4v) is 3.95. The minimum absolute atomic E-state index is 0.111. The Morgan fingerprint density at radius 2 is 2.20 bits per heavy atom. The highest BCUT2D eigenvalue weighted by Crippen LogP contribution is 2.32. The van der Waals surface area contributed by atoms with Crippen molar-refractivity contribution >= 4 is 38.6 Å². The molecule has 3 N–H and O–H groups in total. The van der Waals surface area contributed by atoms with Crippen LogP contribution in [0.25, 0.3) is 0 Å². The normalized spacial score (nSPS) is 13.0. The first kappa shape index (κ1) is 11.3. The van der Waals surface area contributed by atoms with Crippen molar-refractivity contribution in [2.24, 2.45) is 5.84 Å². The van der Waals surface area contributed by atoms with Gasteiger partial charge in [-0.15, -0.1) is 22.7 Å². The predicted molar refractivity (Wildman–Crippen MR) is 70.2 cm³/mol. The van der Waals surface area contributed by atoms with Crippen LogP contribution in [0.15, 0.2) is 28.1 Å². The molecule has 15 heavy (non-hydrogen) atoms. The fourth-order valence-electron chi connectivity index (χ4n) is 1.39. The molecule has 2 heterocycles. The molecule has 0 saturated heterocycles. The van der Waals surface area contributed by atoms with Crippen LogP contribution in [0.1, 0.15) is 20.7 Å². The van der Waals surface area contributed by atoms with Crippen LogP contribution in [0.3, 0.4) is 0 Å². The predicted octanol–water partition coefficient (Wildman–Crippen LogP) is 3.43. The van der Waals surface area contributed by atoms with Gasteiger partial charge in [0.25, 0.3) is 0 Å². The molecular weight excluding hydrogens is 292 g/mol. The van der Waals surface area contributed by atoms with E-state index in [1.807, 2.05) is 0 Å². The zero-order chi connectivity index (χ0) is 10.8. The van der Waals surface area contributed by atoms with Crippen molar-refractivity contribution in [1.82, 2.24) is 5.43 Å². The van der Waals surface area contributed by atoms with Gasteiger partial charge in [0.1, 0.15) is 0 Å². The molecule has 2 nitrogen and oxygen atoms in total. The van der Waals surface area contributed by atoms with Gasteiger partial charge in [-0.2, -0.15) is 0 Å². The minimum atomic E-state index is 0.111.